The third kappa shape index (κ3) is 3.76. The molecule has 0 saturated carbocycles. The van der Waals surface area contributed by atoms with Crippen LogP contribution in [-0.2, 0) is 14.3 Å². The van der Waals surface area contributed by atoms with E-state index >= 15 is 0 Å². The SMILES string of the molecule is COC1=CC=C(c2cnn3c(N)cc(C4CCC(C(N)=O)NC4)nc23)C=C(OC)C1. The lowest BCUT2D eigenvalue weighted by Gasteiger charge is -2.27. The summed E-state index contributed by atoms with van der Waals surface area (Å²) in [4.78, 5) is 16.3. The molecule has 30 heavy (non-hydrogen) atoms. The van der Waals surface area contributed by atoms with Gasteiger partial charge in [-0.1, -0.05) is 6.08 Å². The van der Waals surface area contributed by atoms with Gasteiger partial charge in [-0.25, -0.2) is 4.98 Å². The Morgan fingerprint density at radius 1 is 1.23 bits per heavy atom. The Hall–Kier alpha value is -3.33. The van der Waals surface area contributed by atoms with Crippen LogP contribution in [0.2, 0.25) is 0 Å². The third-order valence-corrected chi connectivity index (χ3v) is 5.64. The van der Waals surface area contributed by atoms with Crippen molar-refractivity contribution in [3.63, 3.8) is 0 Å². The van der Waals surface area contributed by atoms with Crippen LogP contribution in [0.4, 0.5) is 5.82 Å². The number of amides is 1. The number of nitrogens with two attached hydrogens (primary N) is 2. The number of nitrogen functional groups attached to an aromatic ring is 1. The quantitative estimate of drug-likeness (QED) is 0.681. The van der Waals surface area contributed by atoms with Gasteiger partial charge < -0.3 is 26.3 Å². The van der Waals surface area contributed by atoms with Crippen LogP contribution < -0.4 is 16.8 Å². The Morgan fingerprint density at radius 2 is 2.03 bits per heavy atom. The van der Waals surface area contributed by atoms with E-state index in [1.165, 1.54) is 0 Å². The Bertz CT molecular complexity index is 1060. The molecule has 1 aliphatic heterocycles. The fourth-order valence-corrected chi connectivity index (χ4v) is 3.90. The molecule has 4 rings (SSSR count). The first-order chi connectivity index (χ1) is 14.5. The van der Waals surface area contributed by atoms with Crippen molar-refractivity contribution in [3.05, 3.63) is 53.3 Å². The number of methoxy groups -OCH3 is 2. The van der Waals surface area contributed by atoms with Gasteiger partial charge in [0.15, 0.2) is 5.65 Å². The van der Waals surface area contributed by atoms with Gasteiger partial charge in [-0.05, 0) is 30.6 Å². The number of nitrogens with one attached hydrogen (secondary N) is 1. The van der Waals surface area contributed by atoms with Crippen molar-refractivity contribution in [2.45, 2.75) is 31.2 Å². The standard InChI is InChI=1S/C21H26N6O3/c1-29-14-5-3-12(7-15(8-14)30-2)16-11-25-27-19(22)9-18(26-21(16)27)13-4-6-17(20(23)28)24-10-13/h3,5,7,9,11,13,17,24H,4,6,8,10,22H2,1-2H3,(H2,23,28). The highest BCUT2D eigenvalue weighted by Gasteiger charge is 2.27. The molecule has 5 N–H and O–H groups in total. The number of hydrogen-bond donors (Lipinski definition) is 3. The summed E-state index contributed by atoms with van der Waals surface area (Å²) in [5.41, 5.74) is 15.0. The monoisotopic (exact) mass is 410 g/mol. The molecule has 2 atom stereocenters. The molecule has 0 spiro atoms. The van der Waals surface area contributed by atoms with Crippen LogP contribution in [0.25, 0.3) is 11.2 Å². The lowest BCUT2D eigenvalue weighted by atomic mass is 9.91. The molecule has 2 aromatic rings. The number of ether oxygens (including phenoxy) is 2. The zero-order valence-electron chi connectivity index (χ0n) is 17.1. The van der Waals surface area contributed by atoms with Crippen LogP contribution in [-0.4, -0.2) is 47.3 Å². The molecule has 2 aromatic heterocycles. The minimum Gasteiger partial charge on any atom is -0.501 e. The van der Waals surface area contributed by atoms with Gasteiger partial charge in [-0.3, -0.25) is 4.79 Å². The summed E-state index contributed by atoms with van der Waals surface area (Å²) >= 11 is 0. The van der Waals surface area contributed by atoms with Crippen molar-refractivity contribution in [1.82, 2.24) is 19.9 Å². The lowest BCUT2D eigenvalue weighted by Crippen LogP contribution is -2.46. The number of allylic oxidation sites excluding steroid dienone is 4. The molecule has 1 amide bonds. The first-order valence-corrected chi connectivity index (χ1v) is 9.86. The van der Waals surface area contributed by atoms with Gasteiger partial charge in [-0.2, -0.15) is 9.61 Å². The highest BCUT2D eigenvalue weighted by atomic mass is 16.5. The fourth-order valence-electron chi connectivity index (χ4n) is 3.90. The minimum absolute atomic E-state index is 0.142. The maximum absolute atomic E-state index is 11.4. The second kappa shape index (κ2) is 8.19. The van der Waals surface area contributed by atoms with Gasteiger partial charge in [0.05, 0.1) is 38.6 Å². The summed E-state index contributed by atoms with van der Waals surface area (Å²) in [7, 11) is 3.28. The van der Waals surface area contributed by atoms with E-state index in [9.17, 15) is 4.79 Å². The van der Waals surface area contributed by atoms with Gasteiger partial charge in [0.2, 0.25) is 5.91 Å². The van der Waals surface area contributed by atoms with E-state index in [0.717, 1.165) is 34.8 Å². The van der Waals surface area contributed by atoms with Crippen LogP contribution in [0, 0.1) is 0 Å². The number of carbonyl (C=O) groups excluding carboxylic acids is 1. The summed E-state index contributed by atoms with van der Waals surface area (Å²) in [5, 5.41) is 7.63. The van der Waals surface area contributed by atoms with Crippen LogP contribution >= 0.6 is 0 Å². The van der Waals surface area contributed by atoms with Gasteiger partial charge in [0.1, 0.15) is 17.3 Å². The maximum atomic E-state index is 11.4. The minimum atomic E-state index is -0.320. The summed E-state index contributed by atoms with van der Waals surface area (Å²) in [5.74, 6) is 1.92. The van der Waals surface area contributed by atoms with Crippen molar-refractivity contribution >= 4 is 22.9 Å². The van der Waals surface area contributed by atoms with Crippen molar-refractivity contribution in [2.75, 3.05) is 26.5 Å². The fraction of sp³-hybridized carbons (Fsp3) is 0.381. The average molecular weight is 410 g/mol. The number of piperidine rings is 1. The van der Waals surface area contributed by atoms with Crippen LogP contribution in [0.1, 0.15) is 36.4 Å². The van der Waals surface area contributed by atoms with E-state index in [1.54, 1.807) is 24.9 Å². The second-order valence-electron chi connectivity index (χ2n) is 7.49. The lowest BCUT2D eigenvalue weighted by molar-refractivity contribution is -0.120. The van der Waals surface area contributed by atoms with E-state index in [1.807, 2.05) is 24.3 Å². The molecule has 0 bridgehead atoms. The highest BCUT2D eigenvalue weighted by molar-refractivity contribution is 5.84. The van der Waals surface area contributed by atoms with E-state index in [2.05, 4.69) is 10.4 Å². The van der Waals surface area contributed by atoms with Crippen molar-refractivity contribution in [3.8, 4) is 0 Å². The molecular formula is C21H26N6O3. The van der Waals surface area contributed by atoms with Gasteiger partial charge in [0, 0.05) is 24.1 Å². The Labute approximate surface area is 174 Å². The van der Waals surface area contributed by atoms with Crippen LogP contribution in [0.3, 0.4) is 0 Å². The van der Waals surface area contributed by atoms with Crippen molar-refractivity contribution in [1.29, 1.82) is 0 Å². The van der Waals surface area contributed by atoms with Crippen LogP contribution in [0.15, 0.2) is 42.0 Å². The summed E-state index contributed by atoms with van der Waals surface area (Å²) in [6, 6.07) is 1.56. The van der Waals surface area contributed by atoms with Crippen molar-refractivity contribution < 1.29 is 14.3 Å². The van der Waals surface area contributed by atoms with Gasteiger partial charge in [-0.15, -0.1) is 0 Å². The molecule has 9 nitrogen and oxygen atoms in total. The van der Waals surface area contributed by atoms with E-state index in [0.29, 0.717) is 30.9 Å². The normalized spacial score (nSPS) is 22.0. The first-order valence-electron chi connectivity index (χ1n) is 9.86. The van der Waals surface area contributed by atoms with Gasteiger partial charge >= 0.3 is 0 Å². The zero-order chi connectivity index (χ0) is 21.3. The average Bonchev–Trinajstić information content (AvgIpc) is 3.07. The number of aromatic nitrogens is 3. The molecule has 0 radical (unpaired) electrons. The predicted octanol–water partition coefficient (Wildman–Crippen LogP) is 1.48. The number of hydrogen-bond acceptors (Lipinski definition) is 7. The molecule has 2 unspecified atom stereocenters. The molecule has 1 aliphatic carbocycles. The number of rotatable bonds is 5. The molecule has 1 fully saturated rings. The third-order valence-electron chi connectivity index (χ3n) is 5.64. The predicted molar refractivity (Wildman–Crippen MR) is 113 cm³/mol. The highest BCUT2D eigenvalue weighted by Crippen LogP contribution is 2.30. The second-order valence-corrected chi connectivity index (χ2v) is 7.49. The number of primary amides is 1. The van der Waals surface area contributed by atoms with Gasteiger partial charge in [0.25, 0.3) is 0 Å². The zero-order valence-corrected chi connectivity index (χ0v) is 17.1. The maximum Gasteiger partial charge on any atom is 0.234 e. The van der Waals surface area contributed by atoms with E-state index in [-0.39, 0.29) is 17.9 Å². The summed E-state index contributed by atoms with van der Waals surface area (Å²) in [6.07, 6.45) is 9.66. The molecule has 2 aliphatic rings. The van der Waals surface area contributed by atoms with E-state index in [4.69, 9.17) is 25.9 Å². The number of fused-ring (bicyclic) bond motifs is 1. The van der Waals surface area contributed by atoms with Crippen LogP contribution in [0.5, 0.6) is 0 Å². The molecule has 9 heteroatoms. The Kier molecular flexibility index (Phi) is 5.45. The number of nitrogens with zero attached hydrogens (tertiary/aromatic N) is 3. The first kappa shape index (κ1) is 20.0. The Balaban J connectivity index is 1.72. The van der Waals surface area contributed by atoms with Crippen molar-refractivity contribution in [2.24, 2.45) is 5.73 Å². The number of anilines is 1. The molecule has 1 saturated heterocycles. The smallest absolute Gasteiger partial charge is 0.234 e. The summed E-state index contributed by atoms with van der Waals surface area (Å²) < 4.78 is 12.5. The largest absolute Gasteiger partial charge is 0.501 e. The molecule has 0 aromatic carbocycles. The molecule has 3 heterocycles. The summed E-state index contributed by atoms with van der Waals surface area (Å²) in [6.45, 7) is 0.621. The van der Waals surface area contributed by atoms with E-state index < -0.39 is 0 Å². The molecule has 158 valence electrons. The molecular weight excluding hydrogens is 384 g/mol. The topological polar surface area (TPSA) is 130 Å². The number of carbonyl (C=O) groups is 1. The Morgan fingerprint density at radius 3 is 2.70 bits per heavy atom.